The normalized spacial score (nSPS) is 10.4. The summed E-state index contributed by atoms with van der Waals surface area (Å²) in [5.74, 6) is 5.68. The van der Waals surface area contributed by atoms with Crippen molar-refractivity contribution in [3.05, 3.63) is 111 Å². The molecular weight excluding hydrogens is 464 g/mol. The largest absolute Gasteiger partial charge is 0.288 e. The molecule has 0 aliphatic heterocycles. The third kappa shape index (κ3) is 3.67. The number of nitrogens with zero attached hydrogens (tertiary/aromatic N) is 1. The number of fused-ring (bicyclic) bond motifs is 1. The summed E-state index contributed by atoms with van der Waals surface area (Å²) in [7, 11) is 0. The molecule has 1 aromatic heterocycles. The number of pyridine rings is 1. The molecule has 134 valence electrons. The number of hydrogen-bond donors (Lipinski definition) is 0. The van der Waals surface area contributed by atoms with Crippen LogP contribution < -0.4 is 0 Å². The first-order valence-electron chi connectivity index (χ1n) is 8.58. The number of carbonyl (C=O) groups is 1. The summed E-state index contributed by atoms with van der Waals surface area (Å²) in [6.45, 7) is 0. The highest BCUT2D eigenvalue weighted by Gasteiger charge is 2.20. The molecule has 0 spiro atoms. The summed E-state index contributed by atoms with van der Waals surface area (Å²) in [5.41, 5.74) is 2.93. The third-order valence-corrected chi connectivity index (χ3v) is 5.14. The molecular formula is C24H13FINO. The van der Waals surface area contributed by atoms with Gasteiger partial charge in [0.05, 0.1) is 16.6 Å². The standard InChI is InChI=1S/C24H13FINO/c25-19-11-9-17(10-12-19)24(28)22-20(13-8-16-5-2-1-3-6-16)21(26)15-18-7-4-14-27-23(18)22/h1-7,9-12,14-15H. The van der Waals surface area contributed by atoms with E-state index in [9.17, 15) is 9.18 Å². The zero-order chi connectivity index (χ0) is 19.5. The van der Waals surface area contributed by atoms with Crippen LogP contribution >= 0.6 is 22.6 Å². The highest BCUT2D eigenvalue weighted by molar-refractivity contribution is 14.1. The van der Waals surface area contributed by atoms with E-state index in [1.165, 1.54) is 24.3 Å². The van der Waals surface area contributed by atoms with Crippen LogP contribution in [0.2, 0.25) is 0 Å². The second-order valence-electron chi connectivity index (χ2n) is 6.14. The van der Waals surface area contributed by atoms with Crippen molar-refractivity contribution < 1.29 is 9.18 Å². The molecule has 3 aromatic carbocycles. The second kappa shape index (κ2) is 7.91. The van der Waals surface area contributed by atoms with Gasteiger partial charge in [-0.15, -0.1) is 0 Å². The minimum Gasteiger partial charge on any atom is -0.288 e. The predicted molar refractivity (Wildman–Crippen MR) is 117 cm³/mol. The van der Waals surface area contributed by atoms with E-state index in [4.69, 9.17) is 0 Å². The van der Waals surface area contributed by atoms with E-state index in [0.717, 1.165) is 14.5 Å². The molecule has 0 bridgehead atoms. The Morgan fingerprint density at radius 3 is 2.43 bits per heavy atom. The predicted octanol–water partition coefficient (Wildman–Crippen LogP) is 5.61. The number of carbonyl (C=O) groups excluding carboxylic acids is 1. The first-order valence-corrected chi connectivity index (χ1v) is 9.66. The van der Waals surface area contributed by atoms with Gasteiger partial charge < -0.3 is 0 Å². The Hall–Kier alpha value is -3.04. The van der Waals surface area contributed by atoms with Crippen molar-refractivity contribution in [2.45, 2.75) is 0 Å². The third-order valence-electron chi connectivity index (χ3n) is 4.29. The molecule has 2 nitrogen and oxygen atoms in total. The van der Waals surface area contributed by atoms with Crippen molar-refractivity contribution in [3.63, 3.8) is 0 Å². The molecule has 0 fully saturated rings. The maximum atomic E-state index is 13.3. The summed E-state index contributed by atoms with van der Waals surface area (Å²) in [6.07, 6.45) is 1.66. The summed E-state index contributed by atoms with van der Waals surface area (Å²) in [4.78, 5) is 17.8. The van der Waals surface area contributed by atoms with E-state index < -0.39 is 0 Å². The highest BCUT2D eigenvalue weighted by Crippen LogP contribution is 2.28. The Balaban J connectivity index is 1.95. The van der Waals surface area contributed by atoms with Crippen LogP contribution in [-0.2, 0) is 0 Å². The Morgan fingerprint density at radius 2 is 1.68 bits per heavy atom. The van der Waals surface area contributed by atoms with Crippen molar-refractivity contribution in [1.29, 1.82) is 0 Å². The molecule has 0 atom stereocenters. The van der Waals surface area contributed by atoms with Gasteiger partial charge in [0.15, 0.2) is 5.78 Å². The lowest BCUT2D eigenvalue weighted by atomic mass is 9.95. The van der Waals surface area contributed by atoms with Crippen LogP contribution in [0.1, 0.15) is 27.0 Å². The Kier molecular flexibility index (Phi) is 5.18. The molecule has 0 saturated carbocycles. The van der Waals surface area contributed by atoms with Gasteiger partial charge in [0.2, 0.25) is 0 Å². The number of halogens is 2. The van der Waals surface area contributed by atoms with Crippen molar-refractivity contribution in [2.75, 3.05) is 0 Å². The molecule has 4 heteroatoms. The zero-order valence-electron chi connectivity index (χ0n) is 14.6. The first kappa shape index (κ1) is 18.3. The lowest BCUT2D eigenvalue weighted by Gasteiger charge is -2.10. The fourth-order valence-corrected chi connectivity index (χ4v) is 3.67. The van der Waals surface area contributed by atoms with E-state index in [1.54, 1.807) is 6.20 Å². The van der Waals surface area contributed by atoms with Crippen LogP contribution in [0.15, 0.2) is 79.0 Å². The molecule has 0 N–H and O–H groups in total. The summed E-state index contributed by atoms with van der Waals surface area (Å²) < 4.78 is 14.2. The molecule has 1 heterocycles. The average molecular weight is 477 g/mol. The zero-order valence-corrected chi connectivity index (χ0v) is 16.8. The van der Waals surface area contributed by atoms with Gasteiger partial charge >= 0.3 is 0 Å². The monoisotopic (exact) mass is 477 g/mol. The molecule has 28 heavy (non-hydrogen) atoms. The molecule has 0 aliphatic carbocycles. The Bertz CT molecular complexity index is 1240. The fourth-order valence-electron chi connectivity index (χ4n) is 2.93. The molecule has 0 amide bonds. The maximum Gasteiger partial charge on any atom is 0.196 e. The van der Waals surface area contributed by atoms with Crippen molar-refractivity contribution in [2.24, 2.45) is 0 Å². The van der Waals surface area contributed by atoms with Gasteiger partial charge in [-0.25, -0.2) is 4.39 Å². The van der Waals surface area contributed by atoms with Crippen LogP contribution in [0.5, 0.6) is 0 Å². The van der Waals surface area contributed by atoms with Gasteiger partial charge in [-0.3, -0.25) is 9.78 Å². The molecule has 0 unspecified atom stereocenters. The SMILES string of the molecule is O=C(c1ccc(F)cc1)c1c(C#Cc2ccccc2)c(I)cc2cccnc12. The van der Waals surface area contributed by atoms with Crippen LogP contribution in [-0.4, -0.2) is 10.8 Å². The quantitative estimate of drug-likeness (QED) is 0.214. The number of rotatable bonds is 2. The van der Waals surface area contributed by atoms with Gasteiger partial charge in [-0.2, -0.15) is 0 Å². The topological polar surface area (TPSA) is 30.0 Å². The molecule has 0 aliphatic rings. The number of ketones is 1. The maximum absolute atomic E-state index is 13.3. The molecule has 4 rings (SSSR count). The molecule has 4 aromatic rings. The van der Waals surface area contributed by atoms with Crippen molar-refractivity contribution >= 4 is 39.3 Å². The first-order chi connectivity index (χ1) is 13.6. The lowest BCUT2D eigenvalue weighted by molar-refractivity contribution is 0.104. The van der Waals surface area contributed by atoms with Crippen LogP contribution in [0, 0.1) is 21.2 Å². The van der Waals surface area contributed by atoms with Crippen LogP contribution in [0.3, 0.4) is 0 Å². The van der Waals surface area contributed by atoms with Gasteiger partial charge in [0, 0.05) is 26.3 Å². The highest BCUT2D eigenvalue weighted by atomic mass is 127. The average Bonchev–Trinajstić information content (AvgIpc) is 2.72. The van der Waals surface area contributed by atoms with E-state index in [2.05, 4.69) is 39.4 Å². The van der Waals surface area contributed by atoms with Crippen LogP contribution in [0.4, 0.5) is 4.39 Å². The Labute approximate surface area is 175 Å². The Morgan fingerprint density at radius 1 is 0.929 bits per heavy atom. The molecule has 0 radical (unpaired) electrons. The van der Waals surface area contributed by atoms with Gasteiger partial charge in [0.1, 0.15) is 5.82 Å². The van der Waals surface area contributed by atoms with E-state index in [0.29, 0.717) is 22.2 Å². The number of benzene rings is 3. The smallest absolute Gasteiger partial charge is 0.196 e. The number of aromatic nitrogens is 1. The second-order valence-corrected chi connectivity index (χ2v) is 7.30. The minimum atomic E-state index is -0.383. The molecule has 0 saturated heterocycles. The van der Waals surface area contributed by atoms with E-state index in [1.807, 2.05) is 48.5 Å². The fraction of sp³-hybridized carbons (Fsp3) is 0. The van der Waals surface area contributed by atoms with Gasteiger partial charge in [0.25, 0.3) is 0 Å². The van der Waals surface area contributed by atoms with Gasteiger partial charge in [-0.05, 0) is 71.1 Å². The van der Waals surface area contributed by atoms with Crippen molar-refractivity contribution in [1.82, 2.24) is 4.98 Å². The summed E-state index contributed by atoms with van der Waals surface area (Å²) in [6, 6.07) is 20.9. The summed E-state index contributed by atoms with van der Waals surface area (Å²) in [5, 5.41) is 0.864. The number of hydrogen-bond acceptors (Lipinski definition) is 2. The minimum absolute atomic E-state index is 0.223. The van der Waals surface area contributed by atoms with E-state index in [-0.39, 0.29) is 11.6 Å². The van der Waals surface area contributed by atoms with Gasteiger partial charge in [-0.1, -0.05) is 36.1 Å². The van der Waals surface area contributed by atoms with Crippen LogP contribution in [0.25, 0.3) is 10.9 Å². The lowest BCUT2D eigenvalue weighted by Crippen LogP contribution is -2.08. The van der Waals surface area contributed by atoms with Crippen molar-refractivity contribution in [3.8, 4) is 11.8 Å². The van der Waals surface area contributed by atoms with E-state index >= 15 is 0 Å². The summed E-state index contributed by atoms with van der Waals surface area (Å²) >= 11 is 2.19.